The Hall–Kier alpha value is -2.81. The number of para-hydroxylation sites is 1. The Labute approximate surface area is 184 Å². The number of fused-ring (bicyclic) bond motifs is 1. The lowest BCUT2D eigenvalue weighted by Crippen LogP contribution is -2.51. The Morgan fingerprint density at radius 1 is 1.16 bits per heavy atom. The Morgan fingerprint density at radius 3 is 2.61 bits per heavy atom. The molecule has 1 unspecified atom stereocenters. The number of aliphatic imine (C=N–C) groups is 1. The number of piperidine rings is 1. The van der Waals surface area contributed by atoms with E-state index < -0.39 is 0 Å². The van der Waals surface area contributed by atoms with Crippen molar-refractivity contribution in [2.45, 2.75) is 31.3 Å². The first-order valence-electron chi connectivity index (χ1n) is 10.9. The molecule has 9 nitrogen and oxygen atoms in total. The second kappa shape index (κ2) is 11.0. The highest BCUT2D eigenvalue weighted by molar-refractivity contribution is 5.85. The zero-order valence-corrected chi connectivity index (χ0v) is 18.7. The number of carbonyl (C=O) groups excluding carboxylic acids is 2. The van der Waals surface area contributed by atoms with E-state index in [9.17, 15) is 9.59 Å². The number of benzene rings is 1. The molecule has 1 atom stereocenters. The van der Waals surface area contributed by atoms with Gasteiger partial charge in [0.25, 0.3) is 0 Å². The summed E-state index contributed by atoms with van der Waals surface area (Å²) in [6.07, 6.45) is 2.64. The maximum absolute atomic E-state index is 12.1. The quantitative estimate of drug-likeness (QED) is 0.445. The van der Waals surface area contributed by atoms with Crippen molar-refractivity contribution >= 4 is 17.8 Å². The van der Waals surface area contributed by atoms with Crippen molar-refractivity contribution < 1.29 is 14.3 Å². The molecule has 2 aliphatic heterocycles. The lowest BCUT2D eigenvalue weighted by atomic mass is 10.0. The normalized spacial score (nSPS) is 19.7. The zero-order chi connectivity index (χ0) is 22.2. The number of likely N-dealkylation sites (N-methyl/N-ethyl adjacent to an activating group) is 2. The van der Waals surface area contributed by atoms with Crippen molar-refractivity contribution in [3.8, 4) is 5.75 Å². The predicted molar refractivity (Wildman–Crippen MR) is 120 cm³/mol. The first kappa shape index (κ1) is 22.9. The minimum atomic E-state index is -0.0473. The van der Waals surface area contributed by atoms with Gasteiger partial charge in [-0.25, -0.2) is 4.99 Å². The number of likely N-dealkylation sites (tertiary alicyclic amines) is 1. The molecule has 9 heteroatoms. The molecule has 170 valence electrons. The van der Waals surface area contributed by atoms with Gasteiger partial charge in [0.15, 0.2) is 5.96 Å². The number of hydrogen-bond acceptors (Lipinski definition) is 5. The number of hydrogen-bond donors (Lipinski definition) is 3. The molecule has 0 bridgehead atoms. The van der Waals surface area contributed by atoms with E-state index in [1.807, 2.05) is 18.2 Å². The van der Waals surface area contributed by atoms with E-state index in [1.54, 1.807) is 26.0 Å². The SMILES string of the molecule is CNC(=O)CN1CCC(NC(=NCC(=O)N(C)C)NC2CCOc3ccccc32)CC1. The second-order valence-electron chi connectivity index (χ2n) is 8.19. The van der Waals surface area contributed by atoms with Crippen LogP contribution in [0.3, 0.4) is 0 Å². The topological polar surface area (TPSA) is 98.3 Å². The molecule has 0 aliphatic carbocycles. The van der Waals surface area contributed by atoms with Crippen LogP contribution in [0.5, 0.6) is 5.75 Å². The lowest BCUT2D eigenvalue weighted by Gasteiger charge is -2.34. The summed E-state index contributed by atoms with van der Waals surface area (Å²) in [5, 5.41) is 9.71. The van der Waals surface area contributed by atoms with Gasteiger partial charge >= 0.3 is 0 Å². The van der Waals surface area contributed by atoms with Gasteiger partial charge in [0.05, 0.1) is 19.2 Å². The smallest absolute Gasteiger partial charge is 0.243 e. The van der Waals surface area contributed by atoms with Gasteiger partial charge in [0.1, 0.15) is 12.3 Å². The molecule has 1 fully saturated rings. The van der Waals surface area contributed by atoms with Gasteiger partial charge in [-0.3, -0.25) is 14.5 Å². The standard InChI is InChI=1S/C22H34N6O3/c1-23-20(29)15-28-11-8-16(9-12-28)25-22(24-14-21(30)27(2)3)26-18-10-13-31-19-7-5-4-6-17(18)19/h4-7,16,18H,8-15H2,1-3H3,(H,23,29)(H2,24,25,26). The van der Waals surface area contributed by atoms with Gasteiger partial charge in [-0.1, -0.05) is 18.2 Å². The van der Waals surface area contributed by atoms with Crippen molar-refractivity contribution in [2.75, 3.05) is 53.9 Å². The van der Waals surface area contributed by atoms with E-state index in [0.29, 0.717) is 19.1 Å². The molecule has 2 heterocycles. The Balaban J connectivity index is 1.65. The number of amides is 2. The summed E-state index contributed by atoms with van der Waals surface area (Å²) in [5.74, 6) is 1.52. The monoisotopic (exact) mass is 430 g/mol. The summed E-state index contributed by atoms with van der Waals surface area (Å²) in [7, 11) is 5.12. The molecule has 0 saturated carbocycles. The molecule has 2 aliphatic rings. The van der Waals surface area contributed by atoms with Crippen molar-refractivity contribution in [3.05, 3.63) is 29.8 Å². The third kappa shape index (κ3) is 6.58. The highest BCUT2D eigenvalue weighted by atomic mass is 16.5. The maximum atomic E-state index is 12.1. The van der Waals surface area contributed by atoms with Gasteiger partial charge < -0.3 is 25.6 Å². The lowest BCUT2D eigenvalue weighted by molar-refractivity contribution is -0.127. The van der Waals surface area contributed by atoms with Crippen LogP contribution < -0.4 is 20.7 Å². The number of nitrogens with one attached hydrogen (secondary N) is 3. The fourth-order valence-electron chi connectivity index (χ4n) is 3.79. The molecule has 0 radical (unpaired) electrons. The molecule has 2 amide bonds. The average Bonchev–Trinajstić information content (AvgIpc) is 2.78. The van der Waals surface area contributed by atoms with E-state index in [-0.39, 0.29) is 30.4 Å². The maximum Gasteiger partial charge on any atom is 0.243 e. The second-order valence-corrected chi connectivity index (χ2v) is 8.19. The molecule has 1 saturated heterocycles. The van der Waals surface area contributed by atoms with Gasteiger partial charge in [-0.2, -0.15) is 0 Å². The number of rotatable bonds is 6. The Morgan fingerprint density at radius 2 is 1.90 bits per heavy atom. The summed E-state index contributed by atoms with van der Waals surface area (Å²) < 4.78 is 5.77. The van der Waals surface area contributed by atoms with Crippen molar-refractivity contribution in [2.24, 2.45) is 4.99 Å². The Kier molecular flexibility index (Phi) is 8.11. The van der Waals surface area contributed by atoms with Crippen molar-refractivity contribution in [1.82, 2.24) is 25.8 Å². The highest BCUT2D eigenvalue weighted by Crippen LogP contribution is 2.31. The first-order chi connectivity index (χ1) is 15.0. The van der Waals surface area contributed by atoms with Gasteiger partial charge in [0, 0.05) is 52.3 Å². The highest BCUT2D eigenvalue weighted by Gasteiger charge is 2.25. The predicted octanol–water partition coefficient (Wildman–Crippen LogP) is 0.344. The van der Waals surface area contributed by atoms with Crippen LogP contribution in [-0.2, 0) is 9.59 Å². The van der Waals surface area contributed by atoms with Crippen LogP contribution in [0.4, 0.5) is 0 Å². The zero-order valence-electron chi connectivity index (χ0n) is 18.7. The summed E-state index contributed by atoms with van der Waals surface area (Å²) in [4.78, 5) is 32.0. The van der Waals surface area contributed by atoms with Crippen LogP contribution in [0, 0.1) is 0 Å². The number of guanidine groups is 1. The van der Waals surface area contributed by atoms with E-state index in [4.69, 9.17) is 4.74 Å². The Bertz CT molecular complexity index is 789. The van der Waals surface area contributed by atoms with Gasteiger partial charge in [-0.15, -0.1) is 0 Å². The van der Waals surface area contributed by atoms with Crippen molar-refractivity contribution in [3.63, 3.8) is 0 Å². The molecule has 3 rings (SSSR count). The molecule has 31 heavy (non-hydrogen) atoms. The first-order valence-corrected chi connectivity index (χ1v) is 10.9. The number of nitrogens with zero attached hydrogens (tertiary/aromatic N) is 3. The fourth-order valence-corrected chi connectivity index (χ4v) is 3.79. The van der Waals surface area contributed by atoms with Crippen LogP contribution in [-0.4, -0.2) is 87.5 Å². The minimum Gasteiger partial charge on any atom is -0.493 e. The van der Waals surface area contributed by atoms with Gasteiger partial charge in [0.2, 0.25) is 11.8 Å². The molecule has 1 aromatic carbocycles. The molecule has 0 aromatic heterocycles. The van der Waals surface area contributed by atoms with Crippen LogP contribution in [0.2, 0.25) is 0 Å². The molecular formula is C22H34N6O3. The largest absolute Gasteiger partial charge is 0.493 e. The van der Waals surface area contributed by atoms with Crippen LogP contribution in [0.15, 0.2) is 29.3 Å². The van der Waals surface area contributed by atoms with E-state index in [2.05, 4.69) is 31.9 Å². The number of ether oxygens (including phenoxy) is 1. The van der Waals surface area contributed by atoms with Gasteiger partial charge in [-0.05, 0) is 18.9 Å². The van der Waals surface area contributed by atoms with E-state index >= 15 is 0 Å². The van der Waals surface area contributed by atoms with E-state index in [0.717, 1.165) is 43.7 Å². The average molecular weight is 431 g/mol. The molecule has 1 aromatic rings. The molecular weight excluding hydrogens is 396 g/mol. The fraction of sp³-hybridized carbons (Fsp3) is 0.591. The summed E-state index contributed by atoms with van der Waals surface area (Å²) in [5.41, 5.74) is 1.10. The third-order valence-corrected chi connectivity index (χ3v) is 5.72. The third-order valence-electron chi connectivity index (χ3n) is 5.72. The van der Waals surface area contributed by atoms with Crippen LogP contribution >= 0.6 is 0 Å². The van der Waals surface area contributed by atoms with Crippen molar-refractivity contribution in [1.29, 1.82) is 0 Å². The van der Waals surface area contributed by atoms with Crippen LogP contribution in [0.1, 0.15) is 30.9 Å². The summed E-state index contributed by atoms with van der Waals surface area (Å²) >= 11 is 0. The molecule has 0 spiro atoms. The minimum absolute atomic E-state index is 0.0377. The van der Waals surface area contributed by atoms with E-state index in [1.165, 1.54) is 0 Å². The summed E-state index contributed by atoms with van der Waals surface area (Å²) in [6.45, 7) is 2.84. The number of carbonyl (C=O) groups is 2. The van der Waals surface area contributed by atoms with Crippen LogP contribution in [0.25, 0.3) is 0 Å². The molecule has 3 N–H and O–H groups in total. The summed E-state index contributed by atoms with van der Waals surface area (Å²) in [6, 6.07) is 8.31.